The Kier molecular flexibility index (Phi) is 3.94. The molecular formula is C20H29N3O2. The van der Waals surface area contributed by atoms with Gasteiger partial charge in [0.25, 0.3) is 0 Å². The van der Waals surface area contributed by atoms with Crippen molar-refractivity contribution in [2.24, 2.45) is 22.8 Å². The van der Waals surface area contributed by atoms with Crippen LogP contribution in [-0.2, 0) is 9.53 Å². The van der Waals surface area contributed by atoms with Gasteiger partial charge >= 0.3 is 0 Å². The van der Waals surface area contributed by atoms with Crippen LogP contribution in [-0.4, -0.2) is 48.2 Å². The number of nitrogens with zero attached hydrogens (tertiary/aromatic N) is 1. The molecule has 5 heteroatoms. The highest BCUT2D eigenvalue weighted by Crippen LogP contribution is 2.58. The van der Waals surface area contributed by atoms with Gasteiger partial charge in [0.2, 0.25) is 5.91 Å². The topological polar surface area (TPSA) is 81.6 Å². The fourth-order valence-corrected chi connectivity index (χ4v) is 5.32. The third kappa shape index (κ3) is 2.29. The van der Waals surface area contributed by atoms with Crippen molar-refractivity contribution in [2.45, 2.75) is 50.3 Å². The molecule has 0 radical (unpaired) electrons. The minimum absolute atomic E-state index is 0.0449. The fraction of sp³-hybridized carbons (Fsp3) is 0.650. The summed E-state index contributed by atoms with van der Waals surface area (Å²) in [4.78, 5) is 15.3. The third-order valence-corrected chi connectivity index (χ3v) is 6.92. The first-order chi connectivity index (χ1) is 11.9. The van der Waals surface area contributed by atoms with Gasteiger partial charge in [0.15, 0.2) is 0 Å². The molecule has 3 unspecified atom stereocenters. The van der Waals surface area contributed by atoms with Crippen LogP contribution in [0.15, 0.2) is 30.3 Å². The van der Waals surface area contributed by atoms with Crippen molar-refractivity contribution >= 4 is 5.91 Å². The molecule has 1 amide bonds. The van der Waals surface area contributed by atoms with Crippen LogP contribution in [0.3, 0.4) is 0 Å². The van der Waals surface area contributed by atoms with Crippen molar-refractivity contribution in [1.29, 1.82) is 0 Å². The van der Waals surface area contributed by atoms with Crippen LogP contribution in [0, 0.1) is 11.3 Å². The zero-order valence-corrected chi connectivity index (χ0v) is 15.2. The lowest BCUT2D eigenvalue weighted by Crippen LogP contribution is -2.82. The molecule has 2 saturated heterocycles. The highest BCUT2D eigenvalue weighted by atomic mass is 16.5. The maximum Gasteiger partial charge on any atom is 0.243 e. The maximum absolute atomic E-state index is 13.4. The average molecular weight is 343 g/mol. The summed E-state index contributed by atoms with van der Waals surface area (Å²) >= 11 is 0. The van der Waals surface area contributed by atoms with Crippen molar-refractivity contribution in [3.05, 3.63) is 35.9 Å². The Morgan fingerprint density at radius 2 is 1.96 bits per heavy atom. The van der Waals surface area contributed by atoms with Gasteiger partial charge in [-0.3, -0.25) is 4.79 Å². The summed E-state index contributed by atoms with van der Waals surface area (Å²) in [5.74, 6) is 0.351. The molecule has 1 aromatic rings. The lowest BCUT2D eigenvalue weighted by atomic mass is 9.46. The van der Waals surface area contributed by atoms with Gasteiger partial charge < -0.3 is 21.1 Å². The first-order valence-electron chi connectivity index (χ1n) is 9.37. The molecule has 0 aromatic heterocycles. The SMILES string of the molecule is CC1(C)C2OCCCC2C1(N)C(=O)N1C[C@@H](N)[C@H](c2ccccc2)C1. The molecule has 25 heavy (non-hydrogen) atoms. The molecule has 1 saturated carbocycles. The predicted octanol–water partition coefficient (Wildman–Crippen LogP) is 1.47. The normalized spacial score (nSPS) is 39.6. The molecule has 4 rings (SSSR count). The van der Waals surface area contributed by atoms with Gasteiger partial charge in [-0.15, -0.1) is 0 Å². The summed E-state index contributed by atoms with van der Waals surface area (Å²) < 4.78 is 5.94. The zero-order chi connectivity index (χ0) is 17.8. The van der Waals surface area contributed by atoms with Crippen LogP contribution >= 0.6 is 0 Å². The number of rotatable bonds is 2. The quantitative estimate of drug-likeness (QED) is 0.852. The van der Waals surface area contributed by atoms with Crippen molar-refractivity contribution in [3.8, 4) is 0 Å². The molecule has 5 nitrogen and oxygen atoms in total. The van der Waals surface area contributed by atoms with E-state index in [-0.39, 0.29) is 35.3 Å². The first kappa shape index (κ1) is 17.0. The number of carbonyl (C=O) groups excluding carboxylic acids is 1. The van der Waals surface area contributed by atoms with Gasteiger partial charge in [-0.25, -0.2) is 0 Å². The lowest BCUT2D eigenvalue weighted by molar-refractivity contribution is -0.229. The second kappa shape index (κ2) is 5.79. The van der Waals surface area contributed by atoms with E-state index >= 15 is 0 Å². The summed E-state index contributed by atoms with van der Waals surface area (Å²) in [5.41, 5.74) is 13.2. The van der Waals surface area contributed by atoms with E-state index in [1.807, 2.05) is 23.1 Å². The maximum atomic E-state index is 13.4. The molecule has 3 fully saturated rings. The average Bonchev–Trinajstić information content (AvgIpc) is 3.02. The number of likely N-dealkylation sites (tertiary alicyclic amines) is 1. The van der Waals surface area contributed by atoms with E-state index in [9.17, 15) is 4.79 Å². The number of fused-ring (bicyclic) bond motifs is 1. The number of benzene rings is 1. The Labute approximate surface area is 149 Å². The lowest BCUT2D eigenvalue weighted by Gasteiger charge is -2.65. The fourth-order valence-electron chi connectivity index (χ4n) is 5.32. The molecule has 0 spiro atoms. The molecule has 1 aliphatic carbocycles. The Hall–Kier alpha value is -1.43. The van der Waals surface area contributed by atoms with Crippen molar-refractivity contribution in [2.75, 3.05) is 19.7 Å². The van der Waals surface area contributed by atoms with Crippen molar-refractivity contribution in [3.63, 3.8) is 0 Å². The monoisotopic (exact) mass is 343 g/mol. The van der Waals surface area contributed by atoms with E-state index in [1.54, 1.807) is 0 Å². The number of carbonyl (C=O) groups is 1. The molecule has 0 bridgehead atoms. The summed E-state index contributed by atoms with van der Waals surface area (Å²) in [6, 6.07) is 10.2. The van der Waals surface area contributed by atoms with Gasteiger partial charge in [-0.05, 0) is 18.4 Å². The first-order valence-corrected chi connectivity index (χ1v) is 9.37. The van der Waals surface area contributed by atoms with E-state index in [1.165, 1.54) is 5.56 Å². The summed E-state index contributed by atoms with van der Waals surface area (Å²) in [6.45, 7) is 6.15. The smallest absolute Gasteiger partial charge is 0.243 e. The van der Waals surface area contributed by atoms with Crippen LogP contribution in [0.5, 0.6) is 0 Å². The van der Waals surface area contributed by atoms with Gasteiger partial charge in [0.05, 0.1) is 6.10 Å². The van der Waals surface area contributed by atoms with E-state index in [2.05, 4.69) is 26.0 Å². The van der Waals surface area contributed by atoms with Gasteiger partial charge in [0.1, 0.15) is 5.54 Å². The number of hydrogen-bond donors (Lipinski definition) is 2. The van der Waals surface area contributed by atoms with E-state index < -0.39 is 5.54 Å². The minimum atomic E-state index is -0.844. The molecule has 136 valence electrons. The minimum Gasteiger partial charge on any atom is -0.377 e. The molecular weight excluding hydrogens is 314 g/mol. The van der Waals surface area contributed by atoms with Gasteiger partial charge in [-0.1, -0.05) is 44.2 Å². The number of nitrogens with two attached hydrogens (primary N) is 2. The molecule has 2 heterocycles. The Morgan fingerprint density at radius 1 is 1.24 bits per heavy atom. The third-order valence-electron chi connectivity index (χ3n) is 6.92. The second-order valence-electron chi connectivity index (χ2n) is 8.52. The number of hydrogen-bond acceptors (Lipinski definition) is 4. The van der Waals surface area contributed by atoms with Crippen LogP contribution in [0.2, 0.25) is 0 Å². The largest absolute Gasteiger partial charge is 0.377 e. The standard InChI is InChI=1S/C20H29N3O2/c1-19(2)17-15(9-6-10-25-17)20(19,22)18(24)23-11-14(16(21)12-23)13-7-4-3-5-8-13/h3-5,7-8,14-17H,6,9-12,21-22H2,1-2H3/t14-,15?,16+,17?,20?/m0/s1. The van der Waals surface area contributed by atoms with Gasteiger partial charge in [0, 0.05) is 43.0 Å². The van der Waals surface area contributed by atoms with E-state index in [0.717, 1.165) is 19.4 Å². The highest BCUT2D eigenvalue weighted by Gasteiger charge is 2.71. The highest BCUT2D eigenvalue weighted by molar-refractivity contribution is 5.90. The zero-order valence-electron chi connectivity index (χ0n) is 15.2. The summed E-state index contributed by atoms with van der Waals surface area (Å²) in [5, 5.41) is 0. The second-order valence-corrected chi connectivity index (χ2v) is 8.52. The van der Waals surface area contributed by atoms with E-state index in [4.69, 9.17) is 16.2 Å². The Bertz CT molecular complexity index is 662. The summed E-state index contributed by atoms with van der Waals surface area (Å²) in [6.07, 6.45) is 2.05. The Morgan fingerprint density at radius 3 is 2.68 bits per heavy atom. The molecule has 4 N–H and O–H groups in total. The summed E-state index contributed by atoms with van der Waals surface area (Å²) in [7, 11) is 0. The van der Waals surface area contributed by atoms with Crippen LogP contribution in [0.4, 0.5) is 0 Å². The van der Waals surface area contributed by atoms with Crippen molar-refractivity contribution < 1.29 is 9.53 Å². The van der Waals surface area contributed by atoms with Crippen LogP contribution < -0.4 is 11.5 Å². The molecule has 3 aliphatic rings. The molecule has 5 atom stereocenters. The van der Waals surface area contributed by atoms with Crippen LogP contribution in [0.1, 0.15) is 38.2 Å². The predicted molar refractivity (Wildman–Crippen MR) is 96.9 cm³/mol. The van der Waals surface area contributed by atoms with Crippen LogP contribution in [0.25, 0.3) is 0 Å². The Balaban J connectivity index is 1.55. The van der Waals surface area contributed by atoms with E-state index in [0.29, 0.717) is 13.1 Å². The van der Waals surface area contributed by atoms with Gasteiger partial charge in [-0.2, -0.15) is 0 Å². The molecule has 2 aliphatic heterocycles. The number of amides is 1. The number of ether oxygens (including phenoxy) is 1. The molecule has 1 aromatic carbocycles. The van der Waals surface area contributed by atoms with Crippen molar-refractivity contribution in [1.82, 2.24) is 4.90 Å².